The molecule has 13 heteroatoms. The molecular weight excluding hydrogens is 496 g/mol. The zero-order chi connectivity index (χ0) is 23.6. The number of carbonyl (C=O) groups is 2. The summed E-state index contributed by atoms with van der Waals surface area (Å²) >= 11 is 17.8. The van der Waals surface area contributed by atoms with E-state index >= 15 is 0 Å². The summed E-state index contributed by atoms with van der Waals surface area (Å²) < 4.78 is 39.4. The SMILES string of the molecule is O=C(NC(=O)c1c(Cl)cccc1Cl)Nc1cnn(-c2cccc(C(F)(F)F)c2)c(=O)c1Cl. The third-order valence-corrected chi connectivity index (χ3v) is 5.00. The zero-order valence-corrected chi connectivity index (χ0v) is 17.8. The summed E-state index contributed by atoms with van der Waals surface area (Å²) in [6, 6.07) is 7.10. The maximum absolute atomic E-state index is 12.9. The van der Waals surface area contributed by atoms with E-state index in [-0.39, 0.29) is 27.0 Å². The Balaban J connectivity index is 1.82. The Kier molecular flexibility index (Phi) is 6.77. The first kappa shape index (κ1) is 23.6. The molecule has 0 unspecified atom stereocenters. The molecule has 32 heavy (non-hydrogen) atoms. The lowest BCUT2D eigenvalue weighted by Crippen LogP contribution is -2.35. The Morgan fingerprint density at radius 3 is 2.25 bits per heavy atom. The van der Waals surface area contributed by atoms with E-state index in [1.165, 1.54) is 24.3 Å². The molecule has 0 aliphatic rings. The van der Waals surface area contributed by atoms with Crippen molar-refractivity contribution in [3.05, 3.63) is 85.2 Å². The average Bonchev–Trinajstić information content (AvgIpc) is 2.71. The van der Waals surface area contributed by atoms with Crippen LogP contribution in [0.1, 0.15) is 15.9 Å². The maximum atomic E-state index is 12.9. The number of aromatic nitrogens is 2. The Morgan fingerprint density at radius 2 is 1.62 bits per heavy atom. The second-order valence-corrected chi connectivity index (χ2v) is 7.33. The number of amides is 3. The van der Waals surface area contributed by atoms with E-state index in [0.29, 0.717) is 4.68 Å². The molecule has 3 amide bonds. The predicted molar refractivity (Wildman–Crippen MR) is 113 cm³/mol. The van der Waals surface area contributed by atoms with E-state index in [1.807, 2.05) is 5.32 Å². The van der Waals surface area contributed by atoms with Gasteiger partial charge in [0, 0.05) is 0 Å². The van der Waals surface area contributed by atoms with Crippen molar-refractivity contribution in [2.24, 2.45) is 0 Å². The van der Waals surface area contributed by atoms with Crippen LogP contribution in [0, 0.1) is 0 Å². The number of hydrogen-bond acceptors (Lipinski definition) is 4. The number of urea groups is 1. The number of alkyl halides is 3. The van der Waals surface area contributed by atoms with Gasteiger partial charge in [0.2, 0.25) is 0 Å². The highest BCUT2D eigenvalue weighted by Gasteiger charge is 2.30. The summed E-state index contributed by atoms with van der Waals surface area (Å²) in [7, 11) is 0. The number of carbonyl (C=O) groups excluding carboxylic acids is 2. The molecule has 0 aliphatic carbocycles. The topological polar surface area (TPSA) is 93.1 Å². The van der Waals surface area contributed by atoms with E-state index < -0.39 is 34.3 Å². The van der Waals surface area contributed by atoms with Crippen LogP contribution in [0.15, 0.2) is 53.5 Å². The summed E-state index contributed by atoms with van der Waals surface area (Å²) in [6.07, 6.45) is -3.68. The van der Waals surface area contributed by atoms with Gasteiger partial charge in [0.05, 0.1) is 38.7 Å². The number of anilines is 1. The van der Waals surface area contributed by atoms with Crippen LogP contribution in [0.4, 0.5) is 23.7 Å². The monoisotopic (exact) mass is 504 g/mol. The number of hydrogen-bond donors (Lipinski definition) is 2. The van der Waals surface area contributed by atoms with Gasteiger partial charge in [-0.3, -0.25) is 14.9 Å². The minimum absolute atomic E-state index is 0.00573. The third-order valence-electron chi connectivity index (χ3n) is 4.00. The molecule has 3 aromatic rings. The van der Waals surface area contributed by atoms with Crippen molar-refractivity contribution < 1.29 is 22.8 Å². The first-order chi connectivity index (χ1) is 15.0. The molecule has 1 aromatic heterocycles. The van der Waals surface area contributed by atoms with Crippen molar-refractivity contribution in [2.45, 2.75) is 6.18 Å². The predicted octanol–water partition coefficient (Wildman–Crippen LogP) is 5.17. The second-order valence-electron chi connectivity index (χ2n) is 6.14. The Labute approximate surface area is 192 Å². The van der Waals surface area contributed by atoms with E-state index in [0.717, 1.165) is 24.4 Å². The van der Waals surface area contributed by atoms with Gasteiger partial charge < -0.3 is 5.32 Å². The highest BCUT2D eigenvalue weighted by molar-refractivity contribution is 6.40. The lowest BCUT2D eigenvalue weighted by Gasteiger charge is -2.12. The number of nitrogens with one attached hydrogen (secondary N) is 2. The summed E-state index contributed by atoms with van der Waals surface area (Å²) in [5.41, 5.74) is -2.60. The number of benzene rings is 2. The number of rotatable bonds is 3. The number of imide groups is 1. The van der Waals surface area contributed by atoms with Crippen LogP contribution in [0.25, 0.3) is 5.69 Å². The van der Waals surface area contributed by atoms with Crippen LogP contribution >= 0.6 is 34.8 Å². The third kappa shape index (κ3) is 5.04. The van der Waals surface area contributed by atoms with Crippen LogP contribution in [0.5, 0.6) is 0 Å². The molecule has 2 aromatic carbocycles. The fourth-order valence-corrected chi connectivity index (χ4v) is 3.30. The molecular formula is C19H10Cl3F3N4O3. The van der Waals surface area contributed by atoms with E-state index in [1.54, 1.807) is 0 Å². The molecule has 3 rings (SSSR count). The number of nitrogens with zero attached hydrogens (tertiary/aromatic N) is 2. The highest BCUT2D eigenvalue weighted by atomic mass is 35.5. The molecule has 0 fully saturated rings. The number of halogens is 6. The molecule has 2 N–H and O–H groups in total. The first-order valence-corrected chi connectivity index (χ1v) is 9.64. The average molecular weight is 506 g/mol. The standard InChI is InChI=1S/C19H10Cl3F3N4O3/c20-11-5-2-6-12(21)14(11)16(30)28-18(32)27-13-8-26-29(17(31)15(13)22)10-4-1-3-9(7-10)19(23,24)25/h1-8H,(H2,27,28,30,32). The maximum Gasteiger partial charge on any atom is 0.416 e. The van der Waals surface area contributed by atoms with Gasteiger partial charge in [0.1, 0.15) is 5.02 Å². The van der Waals surface area contributed by atoms with Crippen LogP contribution in [-0.2, 0) is 6.18 Å². The summed E-state index contributed by atoms with van der Waals surface area (Å²) in [5.74, 6) is -0.917. The van der Waals surface area contributed by atoms with Gasteiger partial charge >= 0.3 is 12.2 Å². The minimum Gasteiger partial charge on any atom is -0.305 e. The van der Waals surface area contributed by atoms with Crippen LogP contribution in [0.3, 0.4) is 0 Å². The Morgan fingerprint density at radius 1 is 1.00 bits per heavy atom. The van der Waals surface area contributed by atoms with E-state index in [9.17, 15) is 27.6 Å². The molecule has 1 heterocycles. The van der Waals surface area contributed by atoms with Crippen molar-refractivity contribution >= 4 is 52.4 Å². The van der Waals surface area contributed by atoms with Crippen molar-refractivity contribution in [2.75, 3.05) is 5.32 Å². The minimum atomic E-state index is -4.62. The molecule has 0 saturated heterocycles. The molecule has 0 radical (unpaired) electrons. The van der Waals surface area contributed by atoms with Gasteiger partial charge in [-0.05, 0) is 30.3 Å². The van der Waals surface area contributed by atoms with Gasteiger partial charge in [0.25, 0.3) is 11.5 Å². The second kappa shape index (κ2) is 9.19. The highest BCUT2D eigenvalue weighted by Crippen LogP contribution is 2.30. The summed E-state index contributed by atoms with van der Waals surface area (Å²) in [6.45, 7) is 0. The van der Waals surface area contributed by atoms with E-state index in [2.05, 4.69) is 10.4 Å². The van der Waals surface area contributed by atoms with Crippen LogP contribution in [-0.4, -0.2) is 21.7 Å². The van der Waals surface area contributed by atoms with Gasteiger partial charge in [-0.1, -0.05) is 46.9 Å². The van der Waals surface area contributed by atoms with Crippen molar-refractivity contribution in [3.8, 4) is 5.69 Å². The lowest BCUT2D eigenvalue weighted by atomic mass is 10.2. The van der Waals surface area contributed by atoms with Crippen LogP contribution < -0.4 is 16.2 Å². The molecule has 0 saturated carbocycles. The molecule has 0 aliphatic heterocycles. The molecule has 0 atom stereocenters. The first-order valence-electron chi connectivity index (χ1n) is 8.51. The van der Waals surface area contributed by atoms with Crippen LogP contribution in [0.2, 0.25) is 15.1 Å². The zero-order valence-electron chi connectivity index (χ0n) is 15.5. The summed E-state index contributed by atoms with van der Waals surface area (Å²) in [5, 5.41) is 7.33. The van der Waals surface area contributed by atoms with E-state index in [4.69, 9.17) is 34.8 Å². The molecule has 7 nitrogen and oxygen atoms in total. The normalized spacial score (nSPS) is 11.2. The lowest BCUT2D eigenvalue weighted by molar-refractivity contribution is -0.137. The molecule has 0 spiro atoms. The Bertz CT molecular complexity index is 1260. The molecule has 0 bridgehead atoms. The molecule has 166 valence electrons. The fourth-order valence-electron chi connectivity index (χ4n) is 2.55. The van der Waals surface area contributed by atoms with Crippen molar-refractivity contribution in [1.82, 2.24) is 15.1 Å². The van der Waals surface area contributed by atoms with Gasteiger partial charge in [0.15, 0.2) is 0 Å². The largest absolute Gasteiger partial charge is 0.416 e. The van der Waals surface area contributed by atoms with Gasteiger partial charge in [-0.2, -0.15) is 23.0 Å². The smallest absolute Gasteiger partial charge is 0.305 e. The van der Waals surface area contributed by atoms with Gasteiger partial charge in [-0.25, -0.2) is 4.79 Å². The van der Waals surface area contributed by atoms with Crippen molar-refractivity contribution in [1.29, 1.82) is 0 Å². The van der Waals surface area contributed by atoms with Gasteiger partial charge in [-0.15, -0.1) is 0 Å². The quantitative estimate of drug-likeness (QED) is 0.513. The fraction of sp³-hybridized carbons (Fsp3) is 0.0526. The Hall–Kier alpha value is -3.08. The summed E-state index contributed by atoms with van der Waals surface area (Å²) in [4.78, 5) is 36.9. The van der Waals surface area contributed by atoms with Crippen molar-refractivity contribution in [3.63, 3.8) is 0 Å².